The molecule has 2 aromatic rings. The molecule has 0 unspecified atom stereocenters. The second kappa shape index (κ2) is 2.83. The Bertz CT molecular complexity index is 450. The molecule has 1 amide bonds. The molecular formula is C7H6N4O2. The number of amides is 1. The van der Waals surface area contributed by atoms with Crippen LogP contribution in [0.2, 0.25) is 0 Å². The Morgan fingerprint density at radius 1 is 1.62 bits per heavy atom. The van der Waals surface area contributed by atoms with E-state index in [-0.39, 0.29) is 0 Å². The lowest BCUT2D eigenvalue weighted by Gasteiger charge is -1.93. The van der Waals surface area contributed by atoms with Crippen LogP contribution in [0.1, 0.15) is 10.4 Å². The smallest absolute Gasteiger partial charge is 0.269 e. The van der Waals surface area contributed by atoms with Gasteiger partial charge in [0.2, 0.25) is 5.71 Å². The molecule has 6 heteroatoms. The predicted molar refractivity (Wildman–Crippen MR) is 43.5 cm³/mol. The Kier molecular flexibility index (Phi) is 1.67. The number of hydrogen-bond acceptors (Lipinski definition) is 5. The van der Waals surface area contributed by atoms with Gasteiger partial charge in [-0.05, 0) is 0 Å². The SMILES string of the molecule is NNC(=O)c1coc2ncncc12. The minimum Gasteiger partial charge on any atom is -0.445 e. The molecule has 3 N–H and O–H groups in total. The number of carbonyl (C=O) groups excluding carboxylic acids is 1. The number of rotatable bonds is 1. The molecule has 0 radical (unpaired) electrons. The number of nitrogens with two attached hydrogens (primary N) is 1. The highest BCUT2D eigenvalue weighted by Gasteiger charge is 2.12. The minimum absolute atomic E-state index is 0.332. The van der Waals surface area contributed by atoms with E-state index in [4.69, 9.17) is 10.3 Å². The van der Waals surface area contributed by atoms with E-state index in [0.29, 0.717) is 16.7 Å². The van der Waals surface area contributed by atoms with Gasteiger partial charge in [0.1, 0.15) is 12.6 Å². The van der Waals surface area contributed by atoms with Crippen LogP contribution in [0.25, 0.3) is 11.1 Å². The van der Waals surface area contributed by atoms with Gasteiger partial charge in [-0.3, -0.25) is 10.2 Å². The molecule has 6 nitrogen and oxygen atoms in total. The molecule has 2 rings (SSSR count). The van der Waals surface area contributed by atoms with Crippen molar-refractivity contribution in [3.8, 4) is 0 Å². The fourth-order valence-corrected chi connectivity index (χ4v) is 1.03. The topological polar surface area (TPSA) is 94.0 Å². The van der Waals surface area contributed by atoms with Gasteiger partial charge in [-0.15, -0.1) is 0 Å². The Labute approximate surface area is 72.7 Å². The molecule has 0 aliphatic heterocycles. The van der Waals surface area contributed by atoms with Crippen LogP contribution in [0, 0.1) is 0 Å². The van der Waals surface area contributed by atoms with Crippen molar-refractivity contribution in [3.05, 3.63) is 24.4 Å². The average Bonchev–Trinajstić information content (AvgIpc) is 2.60. The van der Waals surface area contributed by atoms with Crippen LogP contribution in [-0.2, 0) is 0 Å². The summed E-state index contributed by atoms with van der Waals surface area (Å²) in [6, 6.07) is 0. The predicted octanol–water partition coefficient (Wildman–Crippen LogP) is -0.174. The monoisotopic (exact) mass is 178 g/mol. The third-order valence-electron chi connectivity index (χ3n) is 1.63. The summed E-state index contributed by atoms with van der Waals surface area (Å²) in [4.78, 5) is 18.7. The summed E-state index contributed by atoms with van der Waals surface area (Å²) in [5, 5.41) is 0.547. The molecule has 0 saturated carbocycles. The lowest BCUT2D eigenvalue weighted by atomic mass is 10.2. The van der Waals surface area contributed by atoms with E-state index in [1.807, 2.05) is 5.43 Å². The van der Waals surface area contributed by atoms with Gasteiger partial charge in [0, 0.05) is 6.20 Å². The van der Waals surface area contributed by atoms with Crippen LogP contribution in [0.5, 0.6) is 0 Å². The quantitative estimate of drug-likeness (QED) is 0.359. The number of nitrogen functional groups attached to an aromatic ring is 1. The van der Waals surface area contributed by atoms with Gasteiger partial charge in [0.25, 0.3) is 5.91 Å². The van der Waals surface area contributed by atoms with E-state index in [0.717, 1.165) is 0 Å². The van der Waals surface area contributed by atoms with Crippen LogP contribution in [0.4, 0.5) is 0 Å². The molecule has 0 aliphatic carbocycles. The van der Waals surface area contributed by atoms with Crippen LogP contribution in [0.3, 0.4) is 0 Å². The lowest BCUT2D eigenvalue weighted by molar-refractivity contribution is 0.0954. The highest BCUT2D eigenvalue weighted by Crippen LogP contribution is 2.16. The van der Waals surface area contributed by atoms with Crippen molar-refractivity contribution < 1.29 is 9.21 Å². The maximum atomic E-state index is 11.1. The van der Waals surface area contributed by atoms with Gasteiger partial charge in [-0.2, -0.15) is 0 Å². The molecular weight excluding hydrogens is 172 g/mol. The van der Waals surface area contributed by atoms with Gasteiger partial charge in [0.05, 0.1) is 10.9 Å². The number of hydrazine groups is 1. The van der Waals surface area contributed by atoms with Gasteiger partial charge in [-0.25, -0.2) is 15.8 Å². The number of fused-ring (bicyclic) bond motifs is 1. The van der Waals surface area contributed by atoms with Gasteiger partial charge in [-0.1, -0.05) is 0 Å². The largest absolute Gasteiger partial charge is 0.445 e. The maximum absolute atomic E-state index is 11.1. The summed E-state index contributed by atoms with van der Waals surface area (Å²) < 4.78 is 5.00. The van der Waals surface area contributed by atoms with Crippen molar-refractivity contribution in [2.75, 3.05) is 0 Å². The Morgan fingerprint density at radius 3 is 3.23 bits per heavy atom. The first-order valence-corrected chi connectivity index (χ1v) is 3.51. The number of nitrogens with zero attached hydrogens (tertiary/aromatic N) is 2. The fourth-order valence-electron chi connectivity index (χ4n) is 1.03. The lowest BCUT2D eigenvalue weighted by Crippen LogP contribution is -2.29. The van der Waals surface area contributed by atoms with Crippen molar-refractivity contribution in [1.82, 2.24) is 15.4 Å². The first-order chi connectivity index (χ1) is 6.33. The fraction of sp³-hybridized carbons (Fsp3) is 0. The Hall–Kier alpha value is -1.95. The molecule has 2 aromatic heterocycles. The van der Waals surface area contributed by atoms with Gasteiger partial charge in [0.15, 0.2) is 0 Å². The highest BCUT2D eigenvalue weighted by molar-refractivity contribution is 6.04. The molecule has 0 fully saturated rings. The third kappa shape index (κ3) is 1.13. The van der Waals surface area contributed by atoms with E-state index in [2.05, 4.69) is 9.97 Å². The van der Waals surface area contributed by atoms with Crippen molar-refractivity contribution in [3.63, 3.8) is 0 Å². The van der Waals surface area contributed by atoms with Gasteiger partial charge >= 0.3 is 0 Å². The second-order valence-corrected chi connectivity index (χ2v) is 2.36. The van der Waals surface area contributed by atoms with E-state index in [1.165, 1.54) is 18.8 Å². The molecule has 13 heavy (non-hydrogen) atoms. The van der Waals surface area contributed by atoms with Crippen molar-refractivity contribution >= 4 is 17.0 Å². The summed E-state index contributed by atoms with van der Waals surface area (Å²) in [5.74, 6) is 4.55. The minimum atomic E-state index is -0.423. The van der Waals surface area contributed by atoms with E-state index < -0.39 is 5.91 Å². The third-order valence-corrected chi connectivity index (χ3v) is 1.63. The summed E-state index contributed by atoms with van der Waals surface area (Å²) >= 11 is 0. The van der Waals surface area contributed by atoms with E-state index in [1.54, 1.807) is 0 Å². The summed E-state index contributed by atoms with van der Waals surface area (Å²) in [6.45, 7) is 0. The zero-order valence-electron chi connectivity index (χ0n) is 6.52. The summed E-state index contributed by atoms with van der Waals surface area (Å²) in [7, 11) is 0. The van der Waals surface area contributed by atoms with Crippen molar-refractivity contribution in [2.24, 2.45) is 5.84 Å². The van der Waals surface area contributed by atoms with Gasteiger partial charge < -0.3 is 4.42 Å². The number of carbonyl (C=O) groups is 1. The van der Waals surface area contributed by atoms with Crippen LogP contribution >= 0.6 is 0 Å². The first-order valence-electron chi connectivity index (χ1n) is 3.51. The number of nitrogens with one attached hydrogen (secondary N) is 1. The molecule has 0 saturated heterocycles. The van der Waals surface area contributed by atoms with Crippen LogP contribution in [-0.4, -0.2) is 15.9 Å². The standard InChI is InChI=1S/C7H6N4O2/c8-11-6(12)5-2-13-7-4(5)1-9-3-10-7/h1-3H,8H2,(H,11,12). The summed E-state index contributed by atoms with van der Waals surface area (Å²) in [5.41, 5.74) is 2.71. The molecule has 0 atom stereocenters. The Morgan fingerprint density at radius 2 is 2.46 bits per heavy atom. The van der Waals surface area contributed by atoms with E-state index in [9.17, 15) is 4.79 Å². The molecule has 0 aromatic carbocycles. The zero-order valence-corrected chi connectivity index (χ0v) is 6.52. The molecule has 0 spiro atoms. The number of aromatic nitrogens is 2. The normalized spacial score (nSPS) is 10.2. The Balaban J connectivity index is 2.64. The molecule has 66 valence electrons. The second-order valence-electron chi connectivity index (χ2n) is 2.36. The number of hydrogen-bond donors (Lipinski definition) is 2. The molecule has 0 aliphatic rings. The zero-order chi connectivity index (χ0) is 9.26. The number of furan rings is 1. The van der Waals surface area contributed by atoms with Crippen LogP contribution < -0.4 is 11.3 Å². The average molecular weight is 178 g/mol. The van der Waals surface area contributed by atoms with Crippen LogP contribution in [0.15, 0.2) is 23.2 Å². The highest BCUT2D eigenvalue weighted by atomic mass is 16.3. The maximum Gasteiger partial charge on any atom is 0.269 e. The first kappa shape index (κ1) is 7.69. The van der Waals surface area contributed by atoms with Crippen molar-refractivity contribution in [1.29, 1.82) is 0 Å². The summed E-state index contributed by atoms with van der Waals surface area (Å²) in [6.07, 6.45) is 4.13. The molecule has 2 heterocycles. The van der Waals surface area contributed by atoms with E-state index >= 15 is 0 Å². The van der Waals surface area contributed by atoms with Crippen molar-refractivity contribution in [2.45, 2.75) is 0 Å². The molecule has 0 bridgehead atoms.